The molecule has 4 rings (SSSR count). The lowest BCUT2D eigenvalue weighted by atomic mass is 9.91. The maximum atomic E-state index is 15.1. The summed E-state index contributed by atoms with van der Waals surface area (Å²) < 4.78 is 65.0. The van der Waals surface area contributed by atoms with Crippen LogP contribution in [0.3, 0.4) is 0 Å². The molecule has 12 heteroatoms. The van der Waals surface area contributed by atoms with Crippen LogP contribution < -0.4 is 14.8 Å². The van der Waals surface area contributed by atoms with Gasteiger partial charge in [0.2, 0.25) is 0 Å². The highest BCUT2D eigenvalue weighted by Crippen LogP contribution is 2.48. The van der Waals surface area contributed by atoms with E-state index in [9.17, 15) is 18.0 Å². The smallest absolute Gasteiger partial charge is 0.387 e. The Morgan fingerprint density at radius 1 is 1.14 bits per heavy atom. The number of hydrogen-bond acceptors (Lipinski definition) is 7. The number of aldehydes is 1. The van der Waals surface area contributed by atoms with Crippen LogP contribution in [-0.2, 0) is 6.42 Å². The highest BCUT2D eigenvalue weighted by molar-refractivity contribution is 6.34. The Balaban J connectivity index is 0.000000538. The van der Waals surface area contributed by atoms with Crippen LogP contribution in [0.5, 0.6) is 11.5 Å². The zero-order valence-electron chi connectivity index (χ0n) is 18.5. The number of fused-ring (bicyclic) bond motifs is 1. The molecule has 0 amide bonds. The summed E-state index contributed by atoms with van der Waals surface area (Å²) >= 11 is 6.16. The molecule has 3 aromatic rings. The predicted molar refractivity (Wildman–Crippen MR) is 121 cm³/mol. The van der Waals surface area contributed by atoms with Gasteiger partial charge in [-0.1, -0.05) is 41.9 Å². The van der Waals surface area contributed by atoms with Gasteiger partial charge in [0.05, 0.1) is 5.02 Å². The Bertz CT molecular complexity index is 1240. The number of halogens is 5. The van der Waals surface area contributed by atoms with Gasteiger partial charge in [0.25, 0.3) is 0 Å². The first-order valence-corrected chi connectivity index (χ1v) is 10.7. The Morgan fingerprint density at radius 2 is 1.78 bits per heavy atom. The van der Waals surface area contributed by atoms with Gasteiger partial charge in [-0.3, -0.25) is 4.79 Å². The summed E-state index contributed by atoms with van der Waals surface area (Å²) in [6, 6.07) is 12.2. The number of carbonyl (C=O) groups excluding carboxylic acids is 1. The molecule has 0 saturated heterocycles. The minimum atomic E-state index is -3.28. The van der Waals surface area contributed by atoms with E-state index in [4.69, 9.17) is 31.7 Å². The molecule has 1 heterocycles. The normalized spacial score (nSPS) is 14.6. The van der Waals surface area contributed by atoms with Crippen LogP contribution in [0.25, 0.3) is 11.1 Å². The zero-order valence-corrected chi connectivity index (χ0v) is 19.3. The molecule has 0 aliphatic carbocycles. The van der Waals surface area contributed by atoms with Crippen molar-refractivity contribution in [3.05, 3.63) is 81.9 Å². The summed E-state index contributed by atoms with van der Waals surface area (Å²) in [6.07, 6.45) is -2.64. The van der Waals surface area contributed by atoms with Crippen molar-refractivity contribution in [2.24, 2.45) is 0 Å². The number of benzene rings is 3. The van der Waals surface area contributed by atoms with Gasteiger partial charge in [-0.2, -0.15) is 8.78 Å². The highest BCUT2D eigenvalue weighted by Gasteiger charge is 2.33. The average Bonchev–Trinajstić information content (AvgIpc) is 3.25. The first kappa shape index (κ1) is 27.4. The monoisotopic (exact) mass is 529 g/mol. The Labute approximate surface area is 207 Å². The van der Waals surface area contributed by atoms with E-state index in [2.05, 4.69) is 4.74 Å². The molecule has 36 heavy (non-hydrogen) atoms. The third-order valence-electron chi connectivity index (χ3n) is 5.18. The summed E-state index contributed by atoms with van der Waals surface area (Å²) in [7, 11) is 1.21. The largest absolute Gasteiger partial charge is 0.485 e. The van der Waals surface area contributed by atoms with E-state index in [-0.39, 0.29) is 23.3 Å². The summed E-state index contributed by atoms with van der Waals surface area (Å²) in [5.41, 5.74) is 0.450. The first-order valence-electron chi connectivity index (χ1n) is 10.3. The molecule has 0 bridgehead atoms. The molecule has 0 saturated carbocycles. The number of nitrogens with one attached hydrogen (secondary N) is 1. The van der Waals surface area contributed by atoms with Crippen molar-refractivity contribution >= 4 is 17.9 Å². The standard InChI is InChI=1S/C22H13ClF4O3.C2H7NO3/c23-20-14(24)9-17-13(8-16(29-17)11-4-2-1-3-5-11)19(20)18-12(10-28)6-7-15(21(18)25)30-22(26)27;1-3-2(4,5)6/h1-7,9-10,16,22H,8H2;3-6H,1H3. The number of rotatable bonds is 6. The van der Waals surface area contributed by atoms with Crippen molar-refractivity contribution in [1.29, 1.82) is 0 Å². The van der Waals surface area contributed by atoms with E-state index < -0.39 is 46.8 Å². The van der Waals surface area contributed by atoms with Crippen molar-refractivity contribution in [3.8, 4) is 22.6 Å². The van der Waals surface area contributed by atoms with Crippen LogP contribution >= 0.6 is 11.6 Å². The topological polar surface area (TPSA) is 108 Å². The van der Waals surface area contributed by atoms with Gasteiger partial charge < -0.3 is 24.8 Å². The van der Waals surface area contributed by atoms with Crippen LogP contribution in [0, 0.1) is 11.6 Å². The van der Waals surface area contributed by atoms with Crippen molar-refractivity contribution in [2.75, 3.05) is 7.05 Å². The Hall–Kier alpha value is -3.22. The molecule has 0 spiro atoms. The van der Waals surface area contributed by atoms with Gasteiger partial charge in [-0.05, 0) is 24.7 Å². The van der Waals surface area contributed by atoms with Crippen molar-refractivity contribution < 1.29 is 47.1 Å². The number of ether oxygens (including phenoxy) is 2. The van der Waals surface area contributed by atoms with E-state index in [0.29, 0.717) is 11.8 Å². The molecule has 1 aliphatic heterocycles. The van der Waals surface area contributed by atoms with Gasteiger partial charge in [-0.15, -0.1) is 0 Å². The SMILES string of the molecule is CNC(O)(O)O.O=Cc1ccc(OC(F)F)c(F)c1-c1c(Cl)c(F)cc2c1CC(c1ccccc1)O2. The van der Waals surface area contributed by atoms with Crippen LogP contribution in [0.2, 0.25) is 5.02 Å². The van der Waals surface area contributed by atoms with Gasteiger partial charge in [-0.25, -0.2) is 14.1 Å². The average molecular weight is 530 g/mol. The van der Waals surface area contributed by atoms with Crippen LogP contribution in [0.4, 0.5) is 17.6 Å². The van der Waals surface area contributed by atoms with E-state index >= 15 is 4.39 Å². The fraction of sp³-hybridized carbons (Fsp3) is 0.208. The number of alkyl halides is 2. The fourth-order valence-electron chi connectivity index (χ4n) is 3.55. The minimum absolute atomic E-state index is 0.121. The van der Waals surface area contributed by atoms with Crippen LogP contribution in [0.1, 0.15) is 27.6 Å². The number of carbonyl (C=O) groups is 1. The maximum absolute atomic E-state index is 15.1. The summed E-state index contributed by atoms with van der Waals surface area (Å²) in [5.74, 6) is -2.77. The molecule has 0 radical (unpaired) electrons. The summed E-state index contributed by atoms with van der Waals surface area (Å²) in [6.45, 7) is -3.28. The van der Waals surface area contributed by atoms with Crippen LogP contribution in [-0.4, -0.2) is 41.4 Å². The third-order valence-corrected chi connectivity index (χ3v) is 5.55. The maximum Gasteiger partial charge on any atom is 0.387 e. The van der Waals surface area contributed by atoms with Gasteiger partial charge in [0, 0.05) is 34.7 Å². The molecule has 4 N–H and O–H groups in total. The van der Waals surface area contributed by atoms with Gasteiger partial charge in [0.1, 0.15) is 17.7 Å². The number of aliphatic hydroxyl groups is 3. The molecule has 0 fully saturated rings. The molecule has 3 aromatic carbocycles. The fourth-order valence-corrected chi connectivity index (χ4v) is 3.82. The molecule has 7 nitrogen and oxygen atoms in total. The molecule has 1 aliphatic rings. The van der Waals surface area contributed by atoms with Gasteiger partial charge in [0.15, 0.2) is 17.9 Å². The molecule has 192 valence electrons. The summed E-state index contributed by atoms with van der Waals surface area (Å²) in [4.78, 5) is 11.5. The number of hydrogen-bond donors (Lipinski definition) is 4. The minimum Gasteiger partial charge on any atom is -0.485 e. The quantitative estimate of drug-likeness (QED) is 0.216. The van der Waals surface area contributed by atoms with Crippen molar-refractivity contribution in [1.82, 2.24) is 5.32 Å². The molecule has 1 unspecified atom stereocenters. The van der Waals surface area contributed by atoms with E-state index in [0.717, 1.165) is 23.8 Å². The Kier molecular flexibility index (Phi) is 8.54. The third kappa shape index (κ3) is 6.12. The van der Waals surface area contributed by atoms with E-state index in [1.807, 2.05) is 30.3 Å². The molecule has 1 atom stereocenters. The lowest BCUT2D eigenvalue weighted by Gasteiger charge is -2.16. The summed E-state index contributed by atoms with van der Waals surface area (Å²) in [5, 5.41) is 24.8. The highest BCUT2D eigenvalue weighted by atomic mass is 35.5. The van der Waals surface area contributed by atoms with Crippen LogP contribution in [0.15, 0.2) is 48.5 Å². The van der Waals surface area contributed by atoms with Crippen molar-refractivity contribution in [2.45, 2.75) is 25.2 Å². The lowest BCUT2D eigenvalue weighted by Crippen LogP contribution is -2.41. The molecule has 0 aromatic heterocycles. The second-order valence-corrected chi connectivity index (χ2v) is 7.85. The lowest BCUT2D eigenvalue weighted by molar-refractivity contribution is -0.328. The van der Waals surface area contributed by atoms with E-state index in [1.165, 1.54) is 7.05 Å². The Morgan fingerprint density at radius 3 is 2.33 bits per heavy atom. The predicted octanol–water partition coefficient (Wildman–Crippen LogP) is 4.17. The second kappa shape index (κ2) is 11.2. The zero-order chi connectivity index (χ0) is 26.6. The van der Waals surface area contributed by atoms with Crippen molar-refractivity contribution in [3.63, 3.8) is 0 Å². The van der Waals surface area contributed by atoms with Gasteiger partial charge >= 0.3 is 12.7 Å². The molecular weight excluding hydrogens is 510 g/mol. The first-order chi connectivity index (χ1) is 17.0. The molecular formula is C24H20ClF4NO6. The second-order valence-electron chi connectivity index (χ2n) is 7.47. The van der Waals surface area contributed by atoms with E-state index in [1.54, 1.807) is 5.32 Å².